The molecule has 2 aromatic rings. The van der Waals surface area contributed by atoms with Gasteiger partial charge in [-0.2, -0.15) is 0 Å². The first-order chi connectivity index (χ1) is 8.06. The molecule has 0 bridgehead atoms. The van der Waals surface area contributed by atoms with Gasteiger partial charge in [-0.15, -0.1) is 0 Å². The summed E-state index contributed by atoms with van der Waals surface area (Å²) in [5.41, 5.74) is 1.45. The van der Waals surface area contributed by atoms with Gasteiger partial charge in [-0.25, -0.2) is 0 Å². The van der Waals surface area contributed by atoms with Crippen molar-refractivity contribution >= 4 is 10.8 Å². The van der Waals surface area contributed by atoms with E-state index in [0.29, 0.717) is 6.61 Å². The predicted molar refractivity (Wildman–Crippen MR) is 70.9 cm³/mol. The summed E-state index contributed by atoms with van der Waals surface area (Å²) in [6.45, 7) is 7.98. The third-order valence-corrected chi connectivity index (χ3v) is 2.56. The average molecular weight is 229 g/mol. The molecule has 0 radical (unpaired) electrons. The number of nitrogens with zero attached hydrogens (tertiary/aromatic N) is 1. The third kappa shape index (κ3) is 3.27. The molecule has 0 fully saturated rings. The second-order valence-electron chi connectivity index (χ2n) is 5.57. The first kappa shape index (κ1) is 12.1. The van der Waals surface area contributed by atoms with Crippen LogP contribution < -0.4 is 0 Å². The summed E-state index contributed by atoms with van der Waals surface area (Å²) in [6.07, 6.45) is 3.72. The molecule has 0 aliphatic heterocycles. The van der Waals surface area contributed by atoms with Crippen LogP contribution in [-0.2, 0) is 11.3 Å². The first-order valence-corrected chi connectivity index (χ1v) is 5.96. The molecule has 0 saturated carbocycles. The van der Waals surface area contributed by atoms with E-state index in [1.165, 1.54) is 16.3 Å². The maximum atomic E-state index is 5.77. The highest BCUT2D eigenvalue weighted by atomic mass is 16.5. The van der Waals surface area contributed by atoms with Gasteiger partial charge in [0.1, 0.15) is 0 Å². The summed E-state index contributed by atoms with van der Waals surface area (Å²) < 4.78 is 5.77. The maximum Gasteiger partial charge on any atom is 0.0723 e. The normalized spacial score (nSPS) is 11.9. The molecule has 1 aromatic carbocycles. The van der Waals surface area contributed by atoms with Crippen molar-refractivity contribution in [1.29, 1.82) is 0 Å². The number of hydrogen-bond acceptors (Lipinski definition) is 2. The number of pyridine rings is 1. The highest BCUT2D eigenvalue weighted by Gasteiger charge is 2.10. The standard InChI is InChI=1S/C15H19NO/c1-15(2,3)11-17-10-13-6-4-5-12-9-16-8-7-14(12)13/h4-9H,10-11H2,1-3H3. The Hall–Kier alpha value is -1.41. The molecule has 0 unspecified atom stereocenters. The van der Waals surface area contributed by atoms with Crippen molar-refractivity contribution in [1.82, 2.24) is 4.98 Å². The second-order valence-corrected chi connectivity index (χ2v) is 5.57. The molecular formula is C15H19NO. The summed E-state index contributed by atoms with van der Waals surface area (Å²) >= 11 is 0. The molecule has 0 aliphatic carbocycles. The quantitative estimate of drug-likeness (QED) is 0.798. The van der Waals surface area contributed by atoms with Crippen LogP contribution >= 0.6 is 0 Å². The lowest BCUT2D eigenvalue weighted by molar-refractivity contribution is 0.0605. The van der Waals surface area contributed by atoms with Crippen LogP contribution in [0.3, 0.4) is 0 Å². The van der Waals surface area contributed by atoms with E-state index in [4.69, 9.17) is 4.74 Å². The summed E-state index contributed by atoms with van der Waals surface area (Å²) in [4.78, 5) is 4.13. The van der Waals surface area contributed by atoms with Crippen LogP contribution in [0.1, 0.15) is 26.3 Å². The number of rotatable bonds is 3. The number of benzene rings is 1. The Kier molecular flexibility index (Phi) is 3.43. The minimum Gasteiger partial charge on any atom is -0.376 e. The summed E-state index contributed by atoms with van der Waals surface area (Å²) in [5, 5.41) is 2.40. The molecule has 2 heteroatoms. The number of hydrogen-bond donors (Lipinski definition) is 0. The van der Waals surface area contributed by atoms with Gasteiger partial charge in [0.2, 0.25) is 0 Å². The minimum atomic E-state index is 0.214. The lowest BCUT2D eigenvalue weighted by Gasteiger charge is -2.18. The molecule has 0 aliphatic rings. The third-order valence-electron chi connectivity index (χ3n) is 2.56. The molecule has 1 aromatic heterocycles. The van der Waals surface area contributed by atoms with Crippen molar-refractivity contribution in [2.75, 3.05) is 6.61 Å². The molecule has 0 N–H and O–H groups in total. The molecule has 0 saturated heterocycles. The fourth-order valence-corrected chi connectivity index (χ4v) is 1.78. The van der Waals surface area contributed by atoms with Crippen LogP contribution in [-0.4, -0.2) is 11.6 Å². The van der Waals surface area contributed by atoms with Gasteiger partial charge in [-0.3, -0.25) is 4.98 Å². The monoisotopic (exact) mass is 229 g/mol. The topological polar surface area (TPSA) is 22.1 Å². The van der Waals surface area contributed by atoms with Gasteiger partial charge in [0.15, 0.2) is 0 Å². The Morgan fingerprint density at radius 1 is 1.18 bits per heavy atom. The summed E-state index contributed by atoms with van der Waals surface area (Å²) in [5.74, 6) is 0. The van der Waals surface area contributed by atoms with Crippen molar-refractivity contribution in [3.05, 3.63) is 42.2 Å². The Morgan fingerprint density at radius 2 is 2.00 bits per heavy atom. The lowest BCUT2D eigenvalue weighted by Crippen LogP contribution is -2.14. The SMILES string of the molecule is CC(C)(C)COCc1cccc2cnccc12. The summed E-state index contributed by atoms with van der Waals surface area (Å²) in [6, 6.07) is 8.30. The smallest absolute Gasteiger partial charge is 0.0723 e. The van der Waals surface area contributed by atoms with Gasteiger partial charge in [0, 0.05) is 17.8 Å². The highest BCUT2D eigenvalue weighted by Crippen LogP contribution is 2.20. The number of aromatic nitrogens is 1. The van der Waals surface area contributed by atoms with Crippen molar-refractivity contribution in [2.45, 2.75) is 27.4 Å². The summed E-state index contributed by atoms with van der Waals surface area (Å²) in [7, 11) is 0. The van der Waals surface area contributed by atoms with E-state index in [0.717, 1.165) is 6.61 Å². The van der Waals surface area contributed by atoms with Gasteiger partial charge in [0.05, 0.1) is 13.2 Å². The Bertz CT molecular complexity index is 494. The molecule has 2 nitrogen and oxygen atoms in total. The molecule has 2 rings (SSSR count). The average Bonchev–Trinajstić information content (AvgIpc) is 2.28. The number of ether oxygens (including phenoxy) is 1. The Labute approximate surface area is 103 Å². The fourth-order valence-electron chi connectivity index (χ4n) is 1.78. The first-order valence-electron chi connectivity index (χ1n) is 5.96. The minimum absolute atomic E-state index is 0.214. The van der Waals surface area contributed by atoms with Crippen LogP contribution in [0.2, 0.25) is 0 Å². The van der Waals surface area contributed by atoms with E-state index >= 15 is 0 Å². The van der Waals surface area contributed by atoms with Gasteiger partial charge in [0.25, 0.3) is 0 Å². The van der Waals surface area contributed by atoms with Crippen molar-refractivity contribution in [2.24, 2.45) is 5.41 Å². The van der Waals surface area contributed by atoms with Crippen molar-refractivity contribution in [3.8, 4) is 0 Å². The van der Waals surface area contributed by atoms with E-state index in [-0.39, 0.29) is 5.41 Å². The fraction of sp³-hybridized carbons (Fsp3) is 0.400. The zero-order valence-electron chi connectivity index (χ0n) is 10.7. The zero-order valence-corrected chi connectivity index (χ0v) is 10.7. The lowest BCUT2D eigenvalue weighted by atomic mass is 9.99. The maximum absolute atomic E-state index is 5.77. The van der Waals surface area contributed by atoms with Gasteiger partial charge in [-0.1, -0.05) is 39.0 Å². The van der Waals surface area contributed by atoms with Gasteiger partial charge in [-0.05, 0) is 22.4 Å². The van der Waals surface area contributed by atoms with Crippen molar-refractivity contribution < 1.29 is 4.74 Å². The molecule has 0 amide bonds. The largest absolute Gasteiger partial charge is 0.376 e. The van der Waals surface area contributed by atoms with E-state index in [9.17, 15) is 0 Å². The van der Waals surface area contributed by atoms with Crippen LogP contribution in [0.25, 0.3) is 10.8 Å². The molecule has 0 spiro atoms. The van der Waals surface area contributed by atoms with Crippen LogP contribution in [0, 0.1) is 5.41 Å². The molecule has 17 heavy (non-hydrogen) atoms. The van der Waals surface area contributed by atoms with Gasteiger partial charge < -0.3 is 4.74 Å². The number of fused-ring (bicyclic) bond motifs is 1. The van der Waals surface area contributed by atoms with E-state index in [1.54, 1.807) is 0 Å². The molecule has 1 heterocycles. The van der Waals surface area contributed by atoms with Crippen LogP contribution in [0.4, 0.5) is 0 Å². The van der Waals surface area contributed by atoms with Crippen molar-refractivity contribution in [3.63, 3.8) is 0 Å². The Balaban J connectivity index is 2.13. The zero-order chi connectivity index (χ0) is 12.3. The van der Waals surface area contributed by atoms with E-state index < -0.39 is 0 Å². The van der Waals surface area contributed by atoms with Crippen LogP contribution in [0.15, 0.2) is 36.7 Å². The second kappa shape index (κ2) is 4.84. The predicted octanol–water partition coefficient (Wildman–Crippen LogP) is 3.80. The van der Waals surface area contributed by atoms with Crippen LogP contribution in [0.5, 0.6) is 0 Å². The van der Waals surface area contributed by atoms with E-state index in [2.05, 4.69) is 44.0 Å². The van der Waals surface area contributed by atoms with E-state index in [1.807, 2.05) is 18.5 Å². The Morgan fingerprint density at radius 3 is 2.76 bits per heavy atom. The molecule has 90 valence electrons. The molecule has 0 atom stereocenters. The molecular weight excluding hydrogens is 210 g/mol. The highest BCUT2D eigenvalue weighted by molar-refractivity contribution is 5.84. The van der Waals surface area contributed by atoms with Gasteiger partial charge >= 0.3 is 0 Å².